The molecule has 1 saturated heterocycles. The molecule has 1 aromatic rings. The van der Waals surface area contributed by atoms with Crippen LogP contribution in [-0.2, 0) is 19.6 Å². The van der Waals surface area contributed by atoms with Crippen LogP contribution in [0.2, 0.25) is 0 Å². The van der Waals surface area contributed by atoms with Crippen molar-refractivity contribution in [1.82, 2.24) is 0 Å². The van der Waals surface area contributed by atoms with Gasteiger partial charge in [0.25, 0.3) is 10.0 Å². The quantitative estimate of drug-likeness (QED) is 0.277. The predicted molar refractivity (Wildman–Crippen MR) is 80.6 cm³/mol. The molecule has 23 heavy (non-hydrogen) atoms. The van der Waals surface area contributed by atoms with Gasteiger partial charge in [0.15, 0.2) is 0 Å². The van der Waals surface area contributed by atoms with E-state index in [-0.39, 0.29) is 22.6 Å². The van der Waals surface area contributed by atoms with E-state index in [4.69, 9.17) is 5.53 Å². The van der Waals surface area contributed by atoms with Crippen molar-refractivity contribution in [2.24, 2.45) is 16.4 Å². The minimum absolute atomic E-state index is 0.199. The van der Waals surface area contributed by atoms with E-state index in [0.717, 1.165) is 11.3 Å². The second kappa shape index (κ2) is 5.53. The van der Waals surface area contributed by atoms with Gasteiger partial charge < -0.3 is 0 Å². The highest BCUT2D eigenvalue weighted by Crippen LogP contribution is 2.37. The van der Waals surface area contributed by atoms with Crippen LogP contribution in [0.4, 0.5) is 5.69 Å². The molecular weight excluding hydrogens is 320 g/mol. The Bertz CT molecular complexity index is 853. The highest BCUT2D eigenvalue weighted by molar-refractivity contribution is 7.90. The Morgan fingerprint density at radius 2 is 1.87 bits per heavy atom. The first-order valence-electron chi connectivity index (χ1n) is 6.91. The molecule has 1 aliphatic carbocycles. The first-order chi connectivity index (χ1) is 11.0. The molecule has 1 heterocycles. The number of anilines is 1. The fraction of sp³-hybridized carbons (Fsp3) is 0.286. The Morgan fingerprint density at radius 1 is 1.17 bits per heavy atom. The van der Waals surface area contributed by atoms with Crippen molar-refractivity contribution in [3.05, 3.63) is 46.9 Å². The van der Waals surface area contributed by atoms with E-state index in [9.17, 15) is 18.0 Å². The lowest BCUT2D eigenvalue weighted by Crippen LogP contribution is -2.30. The van der Waals surface area contributed by atoms with Gasteiger partial charge in [-0.2, -0.15) is 0 Å². The Morgan fingerprint density at radius 3 is 2.48 bits per heavy atom. The maximum Gasteiger partial charge on any atom is 0.264 e. The van der Waals surface area contributed by atoms with Gasteiger partial charge in [-0.25, -0.2) is 13.3 Å². The molecule has 2 unspecified atom stereocenters. The lowest BCUT2D eigenvalue weighted by Gasteiger charge is -2.15. The van der Waals surface area contributed by atoms with Gasteiger partial charge in [0.1, 0.15) is 0 Å². The lowest BCUT2D eigenvalue weighted by molar-refractivity contribution is -0.122. The van der Waals surface area contributed by atoms with Crippen LogP contribution in [0.25, 0.3) is 10.4 Å². The maximum absolute atomic E-state index is 12.4. The van der Waals surface area contributed by atoms with Crippen molar-refractivity contribution >= 4 is 27.5 Å². The molecule has 2 atom stereocenters. The minimum atomic E-state index is -4.09. The molecule has 0 aromatic heterocycles. The number of hydrogen-bond donors (Lipinski definition) is 0. The fourth-order valence-corrected chi connectivity index (χ4v) is 3.57. The number of sulfonamides is 1. The van der Waals surface area contributed by atoms with Crippen LogP contribution in [0.3, 0.4) is 0 Å². The van der Waals surface area contributed by atoms with Gasteiger partial charge in [-0.15, -0.1) is 0 Å². The van der Waals surface area contributed by atoms with Crippen molar-refractivity contribution < 1.29 is 18.0 Å². The van der Waals surface area contributed by atoms with Crippen molar-refractivity contribution in [3.63, 3.8) is 0 Å². The van der Waals surface area contributed by atoms with Crippen LogP contribution >= 0.6 is 0 Å². The van der Waals surface area contributed by atoms with Crippen molar-refractivity contribution in [2.45, 2.75) is 17.7 Å². The molecular formula is C14H12N4O4S. The average Bonchev–Trinajstić information content (AvgIpc) is 2.79. The molecule has 3 rings (SSSR count). The highest BCUT2D eigenvalue weighted by atomic mass is 32.2. The minimum Gasteiger partial charge on any atom is -0.274 e. The summed E-state index contributed by atoms with van der Waals surface area (Å²) in [6.45, 7) is 0. The van der Waals surface area contributed by atoms with Gasteiger partial charge in [-0.05, 0) is 42.6 Å². The molecule has 9 heteroatoms. The van der Waals surface area contributed by atoms with Crippen LogP contribution in [0.1, 0.15) is 12.8 Å². The Kier molecular flexibility index (Phi) is 3.67. The number of nitrogens with zero attached hydrogens (tertiary/aromatic N) is 4. The topological polar surface area (TPSA) is 120 Å². The van der Waals surface area contributed by atoms with E-state index in [1.54, 1.807) is 6.08 Å². The summed E-state index contributed by atoms with van der Waals surface area (Å²) in [6, 6.07) is 5.13. The van der Waals surface area contributed by atoms with Crippen LogP contribution in [-0.4, -0.2) is 20.2 Å². The normalized spacial score (nSPS) is 23.6. The molecule has 0 N–H and O–H groups in total. The van der Waals surface area contributed by atoms with E-state index in [2.05, 4.69) is 9.43 Å². The molecule has 0 radical (unpaired) electrons. The van der Waals surface area contributed by atoms with E-state index in [0.29, 0.717) is 12.1 Å². The molecule has 1 fully saturated rings. The summed E-state index contributed by atoms with van der Waals surface area (Å²) < 4.78 is 26.0. The number of imide groups is 1. The standard InChI is InChI=1S/C14H12N4O4S/c15-16-17-23(21,22)10-7-5-9(6-8-10)18-13(19)11-3-1-2-4-12(11)14(18)20/h1,3,5-8,11-12H,2,4H2. The number of amides is 2. The third kappa shape index (κ3) is 2.49. The van der Waals surface area contributed by atoms with E-state index >= 15 is 0 Å². The molecule has 0 saturated carbocycles. The number of carbonyl (C=O) groups is 2. The maximum atomic E-state index is 12.4. The summed E-state index contributed by atoms with van der Waals surface area (Å²) in [5, 5.41) is 0. The molecule has 118 valence electrons. The molecule has 0 bridgehead atoms. The van der Waals surface area contributed by atoms with Gasteiger partial charge in [0.05, 0.1) is 22.4 Å². The molecule has 8 nitrogen and oxygen atoms in total. The first kappa shape index (κ1) is 15.3. The number of allylic oxidation sites excluding steroid dienone is 1. The summed E-state index contributed by atoms with van der Waals surface area (Å²) in [5.41, 5.74) is 8.56. The monoisotopic (exact) mass is 332 g/mol. The van der Waals surface area contributed by atoms with Gasteiger partial charge >= 0.3 is 0 Å². The van der Waals surface area contributed by atoms with E-state index in [1.807, 2.05) is 6.08 Å². The van der Waals surface area contributed by atoms with E-state index in [1.165, 1.54) is 24.3 Å². The van der Waals surface area contributed by atoms with Crippen LogP contribution in [0.5, 0.6) is 0 Å². The zero-order valence-electron chi connectivity index (χ0n) is 11.9. The number of hydrogen-bond acceptors (Lipinski definition) is 4. The van der Waals surface area contributed by atoms with Gasteiger partial charge in [-0.1, -0.05) is 12.2 Å². The zero-order valence-corrected chi connectivity index (χ0v) is 12.7. The molecule has 2 aliphatic rings. The second-order valence-electron chi connectivity index (χ2n) is 5.29. The number of azide groups is 1. The molecule has 0 spiro atoms. The fourth-order valence-electron chi connectivity index (χ4n) is 2.90. The molecule has 1 aromatic carbocycles. The van der Waals surface area contributed by atoms with Crippen molar-refractivity contribution in [3.8, 4) is 0 Å². The molecule has 1 aliphatic heterocycles. The first-order valence-corrected chi connectivity index (χ1v) is 8.35. The van der Waals surface area contributed by atoms with Crippen LogP contribution in [0.15, 0.2) is 45.8 Å². The summed E-state index contributed by atoms with van der Waals surface area (Å²) >= 11 is 0. The van der Waals surface area contributed by atoms with Crippen molar-refractivity contribution in [1.29, 1.82) is 0 Å². The smallest absolute Gasteiger partial charge is 0.264 e. The van der Waals surface area contributed by atoms with Crippen LogP contribution in [0, 0.1) is 11.8 Å². The number of carbonyl (C=O) groups excluding carboxylic acids is 2. The summed E-state index contributed by atoms with van der Waals surface area (Å²) in [5.74, 6) is -1.36. The van der Waals surface area contributed by atoms with Crippen LogP contribution < -0.4 is 4.90 Å². The number of rotatable bonds is 3. The highest BCUT2D eigenvalue weighted by Gasteiger charge is 2.47. The predicted octanol–water partition coefficient (Wildman–Crippen LogP) is 2.14. The van der Waals surface area contributed by atoms with Gasteiger partial charge in [0.2, 0.25) is 11.8 Å². The third-order valence-electron chi connectivity index (χ3n) is 4.00. The van der Waals surface area contributed by atoms with Crippen molar-refractivity contribution in [2.75, 3.05) is 4.90 Å². The Balaban J connectivity index is 1.94. The van der Waals surface area contributed by atoms with E-state index < -0.39 is 15.9 Å². The Hall–Kier alpha value is -2.64. The lowest BCUT2D eigenvalue weighted by atomic mass is 9.86. The SMILES string of the molecule is [N-]=[N+]=NS(=O)(=O)c1ccc(N2C(=O)C3C=CCCC3C2=O)cc1. The zero-order chi connectivity index (χ0) is 16.6. The van der Waals surface area contributed by atoms with Gasteiger partial charge in [0, 0.05) is 9.43 Å². The Labute approximate surface area is 132 Å². The largest absolute Gasteiger partial charge is 0.274 e. The molecule has 2 amide bonds. The second-order valence-corrected chi connectivity index (χ2v) is 6.87. The van der Waals surface area contributed by atoms with Gasteiger partial charge in [-0.3, -0.25) is 9.59 Å². The summed E-state index contributed by atoms with van der Waals surface area (Å²) in [4.78, 5) is 28.0. The summed E-state index contributed by atoms with van der Waals surface area (Å²) in [7, 11) is -4.09. The summed E-state index contributed by atoms with van der Waals surface area (Å²) in [6.07, 6.45) is 5.04. The third-order valence-corrected chi connectivity index (χ3v) is 5.16. The average molecular weight is 332 g/mol. The number of fused-ring (bicyclic) bond motifs is 1. The number of benzene rings is 1.